The second-order valence-corrected chi connectivity index (χ2v) is 6.41. The first-order valence-corrected chi connectivity index (χ1v) is 7.84. The van der Waals surface area contributed by atoms with Gasteiger partial charge in [0.1, 0.15) is 0 Å². The molecule has 0 bridgehead atoms. The van der Waals surface area contributed by atoms with E-state index in [1.165, 1.54) is 49.9 Å². The lowest BCUT2D eigenvalue weighted by molar-refractivity contribution is 0.176. The molecule has 1 aliphatic heterocycles. The molecular formula is C17H26N2. The molecule has 1 aromatic rings. The van der Waals surface area contributed by atoms with E-state index in [1.807, 2.05) is 0 Å². The van der Waals surface area contributed by atoms with Crippen molar-refractivity contribution in [2.45, 2.75) is 51.7 Å². The highest BCUT2D eigenvalue weighted by molar-refractivity contribution is 5.27. The molecule has 0 radical (unpaired) electrons. The van der Waals surface area contributed by atoms with Gasteiger partial charge >= 0.3 is 0 Å². The summed E-state index contributed by atoms with van der Waals surface area (Å²) in [5, 5.41) is 3.64. The van der Waals surface area contributed by atoms with Gasteiger partial charge in [0.15, 0.2) is 0 Å². The van der Waals surface area contributed by atoms with E-state index in [-0.39, 0.29) is 0 Å². The summed E-state index contributed by atoms with van der Waals surface area (Å²) < 4.78 is 0. The van der Waals surface area contributed by atoms with Crippen LogP contribution in [0.2, 0.25) is 0 Å². The summed E-state index contributed by atoms with van der Waals surface area (Å²) >= 11 is 0. The minimum absolute atomic E-state index is 0.795. The van der Waals surface area contributed by atoms with Crippen LogP contribution < -0.4 is 5.32 Å². The Hall–Kier alpha value is -0.860. The summed E-state index contributed by atoms with van der Waals surface area (Å²) in [4.78, 5) is 2.63. The van der Waals surface area contributed by atoms with E-state index in [2.05, 4.69) is 41.4 Å². The molecule has 2 fully saturated rings. The van der Waals surface area contributed by atoms with Gasteiger partial charge in [-0.3, -0.25) is 4.90 Å². The second-order valence-electron chi connectivity index (χ2n) is 6.41. The quantitative estimate of drug-likeness (QED) is 0.872. The van der Waals surface area contributed by atoms with Crippen LogP contribution in [-0.4, -0.2) is 24.0 Å². The lowest BCUT2D eigenvalue weighted by Gasteiger charge is -2.31. The predicted octanol–water partition coefficient (Wildman–Crippen LogP) is 3.17. The zero-order valence-corrected chi connectivity index (χ0v) is 12.1. The van der Waals surface area contributed by atoms with E-state index >= 15 is 0 Å². The molecule has 1 heterocycles. The van der Waals surface area contributed by atoms with E-state index in [0.717, 1.165) is 25.0 Å². The van der Waals surface area contributed by atoms with E-state index in [9.17, 15) is 0 Å². The Bertz CT molecular complexity index is 411. The molecule has 0 aromatic heterocycles. The average molecular weight is 258 g/mol. The molecule has 2 aliphatic rings. The van der Waals surface area contributed by atoms with Gasteiger partial charge in [0.25, 0.3) is 0 Å². The minimum Gasteiger partial charge on any atom is -0.310 e. The van der Waals surface area contributed by atoms with Crippen LogP contribution in [0.5, 0.6) is 0 Å². The highest BCUT2D eigenvalue weighted by Crippen LogP contribution is 2.22. The van der Waals surface area contributed by atoms with Crippen LogP contribution in [0.25, 0.3) is 0 Å². The zero-order chi connectivity index (χ0) is 13.1. The first-order chi connectivity index (χ1) is 9.31. The molecular weight excluding hydrogens is 232 g/mol. The van der Waals surface area contributed by atoms with Crippen molar-refractivity contribution in [2.75, 3.05) is 13.1 Å². The van der Waals surface area contributed by atoms with E-state index in [1.54, 1.807) is 0 Å². The number of nitrogens with zero attached hydrogens (tertiary/aromatic N) is 1. The van der Waals surface area contributed by atoms with Crippen molar-refractivity contribution in [2.24, 2.45) is 5.92 Å². The summed E-state index contributed by atoms with van der Waals surface area (Å²) in [6.07, 6.45) is 5.50. The average Bonchev–Trinajstić information content (AvgIpc) is 3.22. The van der Waals surface area contributed by atoms with E-state index < -0.39 is 0 Å². The fourth-order valence-corrected chi connectivity index (χ4v) is 3.10. The van der Waals surface area contributed by atoms with Crippen LogP contribution >= 0.6 is 0 Å². The summed E-state index contributed by atoms with van der Waals surface area (Å²) in [6, 6.07) is 9.75. The van der Waals surface area contributed by atoms with Gasteiger partial charge in [0.2, 0.25) is 0 Å². The maximum Gasteiger partial charge on any atom is 0.0237 e. The number of benzene rings is 1. The van der Waals surface area contributed by atoms with Crippen molar-refractivity contribution in [1.29, 1.82) is 0 Å². The number of hydrogen-bond donors (Lipinski definition) is 1. The molecule has 1 saturated heterocycles. The number of likely N-dealkylation sites (tertiary alicyclic amines) is 1. The topological polar surface area (TPSA) is 15.3 Å². The first-order valence-electron chi connectivity index (χ1n) is 7.84. The number of hydrogen-bond acceptors (Lipinski definition) is 2. The van der Waals surface area contributed by atoms with Crippen molar-refractivity contribution >= 4 is 0 Å². The van der Waals surface area contributed by atoms with Crippen molar-refractivity contribution in [1.82, 2.24) is 10.2 Å². The third-order valence-corrected chi connectivity index (χ3v) is 4.41. The third kappa shape index (κ3) is 3.80. The fourth-order valence-electron chi connectivity index (χ4n) is 3.10. The van der Waals surface area contributed by atoms with Crippen molar-refractivity contribution in [3.05, 3.63) is 35.4 Å². The number of piperidine rings is 1. The highest BCUT2D eigenvalue weighted by Gasteiger charge is 2.21. The molecule has 0 spiro atoms. The van der Waals surface area contributed by atoms with Crippen LogP contribution in [0.4, 0.5) is 0 Å². The smallest absolute Gasteiger partial charge is 0.0237 e. The lowest BCUT2D eigenvalue weighted by Crippen LogP contribution is -2.34. The van der Waals surface area contributed by atoms with Crippen molar-refractivity contribution < 1.29 is 0 Å². The van der Waals surface area contributed by atoms with Gasteiger partial charge in [-0.2, -0.15) is 0 Å². The van der Waals surface area contributed by atoms with Crippen molar-refractivity contribution in [3.8, 4) is 0 Å². The molecule has 3 rings (SSSR count). The Morgan fingerprint density at radius 3 is 2.68 bits per heavy atom. The standard InChI is InChI=1S/C17H26N2/c1-14-5-4-10-19(12-14)13-16-7-3-2-6-15(16)11-18-17-8-9-17/h2-3,6-7,14,17-18H,4-5,8-13H2,1H3. The molecule has 104 valence electrons. The minimum atomic E-state index is 0.795. The van der Waals surface area contributed by atoms with Crippen molar-refractivity contribution in [3.63, 3.8) is 0 Å². The molecule has 1 unspecified atom stereocenters. The van der Waals surface area contributed by atoms with Crippen LogP contribution in [0.3, 0.4) is 0 Å². The monoisotopic (exact) mass is 258 g/mol. The molecule has 1 atom stereocenters. The van der Waals surface area contributed by atoms with Gasteiger partial charge < -0.3 is 5.32 Å². The molecule has 1 saturated carbocycles. The Balaban J connectivity index is 1.61. The van der Waals surface area contributed by atoms with E-state index in [0.29, 0.717) is 0 Å². The summed E-state index contributed by atoms with van der Waals surface area (Å²) in [5.41, 5.74) is 3.01. The Morgan fingerprint density at radius 1 is 1.16 bits per heavy atom. The van der Waals surface area contributed by atoms with Gasteiger partial charge in [-0.1, -0.05) is 31.2 Å². The zero-order valence-electron chi connectivity index (χ0n) is 12.1. The Kier molecular flexibility index (Phi) is 4.19. The normalized spacial score (nSPS) is 24.6. The van der Waals surface area contributed by atoms with Gasteiger partial charge in [-0.25, -0.2) is 0 Å². The lowest BCUT2D eigenvalue weighted by atomic mass is 9.99. The SMILES string of the molecule is CC1CCCN(Cc2ccccc2CNC2CC2)C1. The van der Waals surface area contributed by atoms with Gasteiger partial charge in [-0.15, -0.1) is 0 Å². The fraction of sp³-hybridized carbons (Fsp3) is 0.647. The summed E-state index contributed by atoms with van der Waals surface area (Å²) in [7, 11) is 0. The number of nitrogens with one attached hydrogen (secondary N) is 1. The maximum atomic E-state index is 3.64. The summed E-state index contributed by atoms with van der Waals surface area (Å²) in [5.74, 6) is 0.866. The molecule has 1 aliphatic carbocycles. The third-order valence-electron chi connectivity index (χ3n) is 4.41. The van der Waals surface area contributed by atoms with Crippen LogP contribution in [0.1, 0.15) is 43.7 Å². The van der Waals surface area contributed by atoms with E-state index in [4.69, 9.17) is 0 Å². The molecule has 2 heteroatoms. The number of rotatable bonds is 5. The first kappa shape index (κ1) is 13.1. The molecule has 1 aromatic carbocycles. The summed E-state index contributed by atoms with van der Waals surface area (Å²) in [6.45, 7) is 7.10. The second kappa shape index (κ2) is 6.06. The molecule has 1 N–H and O–H groups in total. The highest BCUT2D eigenvalue weighted by atomic mass is 15.1. The van der Waals surface area contributed by atoms with Gasteiger partial charge in [-0.05, 0) is 49.3 Å². The molecule has 2 nitrogen and oxygen atoms in total. The Labute approximate surface area is 117 Å². The van der Waals surface area contributed by atoms with Gasteiger partial charge in [0, 0.05) is 25.7 Å². The molecule has 0 amide bonds. The predicted molar refractivity (Wildman–Crippen MR) is 80.0 cm³/mol. The van der Waals surface area contributed by atoms with Crippen LogP contribution in [0.15, 0.2) is 24.3 Å². The maximum absolute atomic E-state index is 3.64. The largest absolute Gasteiger partial charge is 0.310 e. The Morgan fingerprint density at radius 2 is 1.95 bits per heavy atom. The van der Waals surface area contributed by atoms with Crippen LogP contribution in [-0.2, 0) is 13.1 Å². The van der Waals surface area contributed by atoms with Crippen LogP contribution in [0, 0.1) is 5.92 Å². The molecule has 19 heavy (non-hydrogen) atoms. The van der Waals surface area contributed by atoms with Gasteiger partial charge in [0.05, 0.1) is 0 Å².